The van der Waals surface area contributed by atoms with Crippen molar-refractivity contribution in [3.8, 4) is 0 Å². The van der Waals surface area contributed by atoms with Gasteiger partial charge in [0, 0.05) is 19.6 Å². The van der Waals surface area contributed by atoms with Gasteiger partial charge in [-0.05, 0) is 24.8 Å². The van der Waals surface area contributed by atoms with E-state index in [1.165, 1.54) is 12.8 Å². The molecule has 1 aromatic carbocycles. The molecule has 0 radical (unpaired) electrons. The van der Waals surface area contributed by atoms with E-state index in [-0.39, 0.29) is 6.10 Å². The number of nitrogens with zero attached hydrogens (tertiary/aromatic N) is 1. The van der Waals surface area contributed by atoms with Gasteiger partial charge in [0.1, 0.15) is 0 Å². The molecule has 98 valence electrons. The normalized spacial score (nSPS) is 29.4. The first kappa shape index (κ1) is 12.2. The molecular formula is C15H21NO2. The Morgan fingerprint density at radius 3 is 2.50 bits per heavy atom. The molecule has 18 heavy (non-hydrogen) atoms. The van der Waals surface area contributed by atoms with E-state index in [4.69, 9.17) is 4.74 Å². The third-order valence-electron chi connectivity index (χ3n) is 4.02. The number of hydrogen-bond acceptors (Lipinski definition) is 3. The number of benzene rings is 1. The molecule has 2 bridgehead atoms. The predicted octanol–water partition coefficient (Wildman–Crippen LogP) is 1.97. The summed E-state index contributed by atoms with van der Waals surface area (Å²) >= 11 is 0. The van der Waals surface area contributed by atoms with E-state index >= 15 is 0 Å². The molecule has 0 aromatic heterocycles. The van der Waals surface area contributed by atoms with Gasteiger partial charge in [0.15, 0.2) is 0 Å². The highest BCUT2D eigenvalue weighted by atomic mass is 16.5. The number of fused-ring (bicyclic) bond motifs is 2. The second-order valence-corrected chi connectivity index (χ2v) is 5.43. The molecule has 0 saturated carbocycles. The molecule has 1 aromatic rings. The Hall–Kier alpha value is -0.900. The monoisotopic (exact) mass is 247 g/mol. The predicted molar refractivity (Wildman–Crippen MR) is 70.4 cm³/mol. The van der Waals surface area contributed by atoms with Crippen LogP contribution in [0.25, 0.3) is 0 Å². The van der Waals surface area contributed by atoms with E-state index in [9.17, 15) is 5.11 Å². The van der Waals surface area contributed by atoms with Crippen LogP contribution in [0.5, 0.6) is 0 Å². The lowest BCUT2D eigenvalue weighted by Crippen LogP contribution is -2.43. The van der Waals surface area contributed by atoms with Crippen LogP contribution in [-0.2, 0) is 4.74 Å². The van der Waals surface area contributed by atoms with Gasteiger partial charge in [0.2, 0.25) is 0 Å². The molecule has 3 unspecified atom stereocenters. The highest BCUT2D eigenvalue weighted by Gasteiger charge is 2.33. The van der Waals surface area contributed by atoms with E-state index in [0.29, 0.717) is 12.2 Å². The van der Waals surface area contributed by atoms with Gasteiger partial charge in [0.25, 0.3) is 0 Å². The Labute approximate surface area is 108 Å². The second-order valence-electron chi connectivity index (χ2n) is 5.43. The molecule has 3 atom stereocenters. The van der Waals surface area contributed by atoms with Crippen molar-refractivity contribution in [2.75, 3.05) is 19.6 Å². The Balaban J connectivity index is 1.49. The number of ether oxygens (including phenoxy) is 1. The summed E-state index contributed by atoms with van der Waals surface area (Å²) < 4.78 is 5.81. The third-order valence-corrected chi connectivity index (χ3v) is 4.02. The quantitative estimate of drug-likeness (QED) is 0.883. The van der Waals surface area contributed by atoms with Crippen LogP contribution in [0.1, 0.15) is 30.9 Å². The summed E-state index contributed by atoms with van der Waals surface area (Å²) in [6, 6.07) is 9.93. The van der Waals surface area contributed by atoms with Crippen molar-refractivity contribution in [1.82, 2.24) is 4.90 Å². The van der Waals surface area contributed by atoms with Crippen molar-refractivity contribution in [2.45, 2.75) is 37.6 Å². The average molecular weight is 247 g/mol. The maximum absolute atomic E-state index is 10.1. The maximum atomic E-state index is 10.1. The number of aliphatic hydroxyl groups excluding tert-OH is 1. The Morgan fingerprint density at radius 2 is 1.83 bits per heavy atom. The van der Waals surface area contributed by atoms with E-state index in [1.54, 1.807) is 0 Å². The molecule has 0 aliphatic carbocycles. The molecular weight excluding hydrogens is 226 g/mol. The fraction of sp³-hybridized carbons (Fsp3) is 0.600. The standard InChI is InChI=1S/C15H21NO2/c17-15(12-4-2-1-3-5-12)8-9-16-10-13-6-7-14(11-16)18-13/h1-5,13-15,17H,6-11H2. The van der Waals surface area contributed by atoms with Crippen LogP contribution >= 0.6 is 0 Å². The summed E-state index contributed by atoms with van der Waals surface area (Å²) in [6.07, 6.45) is 3.77. The summed E-state index contributed by atoms with van der Waals surface area (Å²) in [6.45, 7) is 3.04. The smallest absolute Gasteiger partial charge is 0.0802 e. The van der Waals surface area contributed by atoms with Crippen LogP contribution in [0, 0.1) is 0 Å². The highest BCUT2D eigenvalue weighted by Crippen LogP contribution is 2.27. The summed E-state index contributed by atoms with van der Waals surface area (Å²) in [4.78, 5) is 2.44. The molecule has 3 nitrogen and oxygen atoms in total. The van der Waals surface area contributed by atoms with Crippen LogP contribution in [0.2, 0.25) is 0 Å². The molecule has 2 heterocycles. The summed E-state index contributed by atoms with van der Waals surface area (Å²) in [5.74, 6) is 0. The van der Waals surface area contributed by atoms with Gasteiger partial charge in [-0.3, -0.25) is 4.90 Å². The SMILES string of the molecule is OC(CCN1CC2CCC(C1)O2)c1ccccc1. The van der Waals surface area contributed by atoms with Crippen molar-refractivity contribution in [3.05, 3.63) is 35.9 Å². The molecule has 3 heteroatoms. The van der Waals surface area contributed by atoms with E-state index < -0.39 is 0 Å². The van der Waals surface area contributed by atoms with Gasteiger partial charge in [-0.25, -0.2) is 0 Å². The second kappa shape index (κ2) is 5.39. The number of hydrogen-bond donors (Lipinski definition) is 1. The molecule has 1 N–H and O–H groups in total. The Bertz CT molecular complexity index is 369. The Kier molecular flexibility index (Phi) is 3.64. The lowest BCUT2D eigenvalue weighted by atomic mass is 10.1. The molecule has 0 spiro atoms. The van der Waals surface area contributed by atoms with Crippen molar-refractivity contribution >= 4 is 0 Å². The lowest BCUT2D eigenvalue weighted by Gasteiger charge is -2.32. The van der Waals surface area contributed by atoms with Gasteiger partial charge in [-0.1, -0.05) is 30.3 Å². The van der Waals surface area contributed by atoms with E-state index in [1.807, 2.05) is 30.3 Å². The van der Waals surface area contributed by atoms with Crippen molar-refractivity contribution < 1.29 is 9.84 Å². The van der Waals surface area contributed by atoms with Crippen LogP contribution in [0.3, 0.4) is 0 Å². The number of aliphatic hydroxyl groups is 1. The zero-order valence-electron chi connectivity index (χ0n) is 10.7. The fourth-order valence-corrected chi connectivity index (χ4v) is 3.03. The maximum Gasteiger partial charge on any atom is 0.0802 e. The zero-order chi connectivity index (χ0) is 12.4. The largest absolute Gasteiger partial charge is 0.388 e. The van der Waals surface area contributed by atoms with Gasteiger partial charge in [0.05, 0.1) is 18.3 Å². The van der Waals surface area contributed by atoms with Crippen LogP contribution in [0.15, 0.2) is 30.3 Å². The molecule has 2 fully saturated rings. The van der Waals surface area contributed by atoms with Crippen LogP contribution in [0.4, 0.5) is 0 Å². The molecule has 0 amide bonds. The minimum atomic E-state index is -0.341. The number of likely N-dealkylation sites (tertiary alicyclic amines) is 1. The van der Waals surface area contributed by atoms with Gasteiger partial charge < -0.3 is 9.84 Å². The number of rotatable bonds is 4. The van der Waals surface area contributed by atoms with E-state index in [0.717, 1.165) is 31.6 Å². The van der Waals surface area contributed by atoms with Crippen molar-refractivity contribution in [1.29, 1.82) is 0 Å². The average Bonchev–Trinajstić information content (AvgIpc) is 2.76. The minimum absolute atomic E-state index is 0.341. The van der Waals surface area contributed by atoms with Gasteiger partial charge in [-0.2, -0.15) is 0 Å². The third kappa shape index (κ3) is 2.74. The lowest BCUT2D eigenvalue weighted by molar-refractivity contribution is -0.0414. The van der Waals surface area contributed by atoms with Crippen molar-refractivity contribution in [2.24, 2.45) is 0 Å². The van der Waals surface area contributed by atoms with Gasteiger partial charge in [-0.15, -0.1) is 0 Å². The summed E-state index contributed by atoms with van der Waals surface area (Å²) in [7, 11) is 0. The summed E-state index contributed by atoms with van der Waals surface area (Å²) in [5.41, 5.74) is 1.02. The first-order chi connectivity index (χ1) is 8.81. The Morgan fingerprint density at radius 1 is 1.17 bits per heavy atom. The first-order valence-electron chi connectivity index (χ1n) is 6.92. The zero-order valence-corrected chi connectivity index (χ0v) is 10.7. The van der Waals surface area contributed by atoms with Crippen LogP contribution in [-0.4, -0.2) is 41.8 Å². The van der Waals surface area contributed by atoms with Crippen LogP contribution < -0.4 is 0 Å². The molecule has 2 aliphatic rings. The molecule has 2 aliphatic heterocycles. The van der Waals surface area contributed by atoms with Gasteiger partial charge >= 0.3 is 0 Å². The molecule has 2 saturated heterocycles. The summed E-state index contributed by atoms with van der Waals surface area (Å²) in [5, 5.41) is 10.1. The van der Waals surface area contributed by atoms with E-state index in [2.05, 4.69) is 4.90 Å². The minimum Gasteiger partial charge on any atom is -0.388 e. The van der Waals surface area contributed by atoms with Crippen molar-refractivity contribution in [3.63, 3.8) is 0 Å². The highest BCUT2D eigenvalue weighted by molar-refractivity contribution is 5.17. The first-order valence-corrected chi connectivity index (χ1v) is 6.92. The number of morpholine rings is 1. The molecule has 3 rings (SSSR count). The fourth-order valence-electron chi connectivity index (χ4n) is 3.03. The topological polar surface area (TPSA) is 32.7 Å².